The minimum absolute atomic E-state index is 0.00347. The number of aromatic amines is 12. The number of hydrogen-bond acceptors (Lipinski definition) is 27. The third kappa shape index (κ3) is 17.9. The van der Waals surface area contributed by atoms with E-state index in [2.05, 4.69) is 162 Å². The van der Waals surface area contributed by atoms with Crippen LogP contribution < -0.4 is 58.5 Å². The maximum Gasteiger partial charge on any atom is 0.573 e. The molecule has 0 aliphatic heterocycles. The van der Waals surface area contributed by atoms with E-state index in [1.54, 1.807) is 103 Å². The van der Waals surface area contributed by atoms with E-state index >= 15 is 0 Å². The lowest BCUT2D eigenvalue weighted by atomic mass is 10.0. The smallest absolute Gasteiger partial charge is 0.463 e. The van der Waals surface area contributed by atoms with Crippen LogP contribution in [0.15, 0.2) is 264 Å². The van der Waals surface area contributed by atoms with Gasteiger partial charge in [-0.1, -0.05) is 102 Å². The summed E-state index contributed by atoms with van der Waals surface area (Å²) < 4.78 is 158. The highest BCUT2D eigenvalue weighted by atomic mass is 35.5. The molecule has 147 heavy (non-hydrogen) atoms. The summed E-state index contributed by atoms with van der Waals surface area (Å²) in [5, 5.41) is 71.0. The van der Waals surface area contributed by atoms with Crippen LogP contribution in [0.3, 0.4) is 0 Å². The lowest BCUT2D eigenvalue weighted by Gasteiger charge is -2.15. The van der Waals surface area contributed by atoms with Crippen LogP contribution in [-0.4, -0.2) is 149 Å². The fraction of sp³-hybridized carbons (Fsp3) is 0.0521. The number of benzene rings is 10. The summed E-state index contributed by atoms with van der Waals surface area (Å²) in [5.41, 5.74) is 3.69. The fourth-order valence-electron chi connectivity index (χ4n) is 16.5. The molecule has 15 aromatic heterocycles. The second-order valence-electron chi connectivity index (χ2n) is 32.5. The van der Waals surface area contributed by atoms with Crippen molar-refractivity contribution in [1.82, 2.24) is 136 Å². The Kier molecular flexibility index (Phi) is 22.8. The molecule has 730 valence electrons. The molecule has 10 aromatic carbocycles. The van der Waals surface area contributed by atoms with Gasteiger partial charge in [0.25, 0.3) is 33.5 Å². The molecule has 51 heteroatoms. The molecule has 0 fully saturated rings. The van der Waals surface area contributed by atoms with Gasteiger partial charge in [-0.2, -0.15) is 48.3 Å². The van der Waals surface area contributed by atoms with Gasteiger partial charge in [-0.05, 0) is 146 Å². The van der Waals surface area contributed by atoms with Gasteiger partial charge in [0.1, 0.15) is 50.9 Å². The highest BCUT2D eigenvalue weighted by Crippen LogP contribution is 2.46. The molecule has 25 aromatic rings. The molecular formula is C96H60ClF10N31O9. The van der Waals surface area contributed by atoms with E-state index in [0.29, 0.717) is 134 Å². The van der Waals surface area contributed by atoms with Crippen LogP contribution in [0.5, 0.6) is 11.5 Å². The Morgan fingerprint density at radius 1 is 0.388 bits per heavy atom. The van der Waals surface area contributed by atoms with Crippen LogP contribution in [0.1, 0.15) is 16.7 Å². The summed E-state index contributed by atoms with van der Waals surface area (Å²) in [6.45, 7) is 3.65. The van der Waals surface area contributed by atoms with Crippen LogP contribution in [0, 0.1) is 19.7 Å². The van der Waals surface area contributed by atoms with Crippen molar-refractivity contribution in [2.45, 2.75) is 32.7 Å². The predicted molar refractivity (Wildman–Crippen MR) is 522 cm³/mol. The molecular weight excluding hydrogens is 1960 g/mol. The molecule has 0 spiro atoms. The number of aromatic nitrogens is 27. The van der Waals surface area contributed by atoms with Gasteiger partial charge in [0.15, 0.2) is 69.3 Å². The summed E-state index contributed by atoms with van der Waals surface area (Å²) in [7, 11) is 0. The van der Waals surface area contributed by atoms with Crippen LogP contribution in [-0.2, 0) is 6.18 Å². The maximum atomic E-state index is 14.3. The van der Waals surface area contributed by atoms with E-state index in [4.69, 9.17) is 20.5 Å². The topological polar surface area (TPSA) is 553 Å². The van der Waals surface area contributed by atoms with Crippen molar-refractivity contribution in [2.24, 2.45) is 0 Å². The molecule has 0 aliphatic rings. The van der Waals surface area contributed by atoms with Gasteiger partial charge < -0.3 is 39.7 Å². The van der Waals surface area contributed by atoms with Gasteiger partial charge in [-0.15, -0.1) is 26.3 Å². The number of fused-ring (bicyclic) bond motifs is 10. The zero-order valence-corrected chi connectivity index (χ0v) is 75.2. The highest BCUT2D eigenvalue weighted by molar-refractivity contribution is 6.34. The van der Waals surface area contributed by atoms with Crippen LogP contribution in [0.2, 0.25) is 5.02 Å². The average molecular weight is 2020 g/mol. The van der Waals surface area contributed by atoms with E-state index in [-0.39, 0.29) is 95.8 Å². The standard InChI is InChI=1S/C27H16F3N9O2.C26H18F3N7O2.C24H16F3N7O3.C19H10ClFN8O2/c28-27(29,30)21-15(10-11-17-20(21)26(41)37-34-17)24-31-16-9-5-4-8-14(16)23(32-24)33-25-22-18(35-36-25)12-19(40)39(38-22)13-6-2-1-3-7-13;1-13-6-5-9-15-21(13)31-24(16-10-11-17-20(25(37)36-33-17)22(16)38-26(27,28)29)32-23(15)30-19-12-18(34-35-19)14-7-3-2-4-8-14;1-11-4-2-5-12-19(11)29-22(30-21(12)28-17-10-15(32-33-17)16-6-3-9-36-16)13-7-8-14-18(23(35)34-31-14)20(13)37-24(25,26)27;20-12-5-14-10(18(30)29-27-14)4-8(12)15-23-16(11-6-22-31-19(11)25-15)24-17-9-3-7(21)1-2-13(9)26-28-17/h1-12,35H,(H2,34,37,41)(H,31,32,33,36);2-12H,1H3,(H2,33,36,37)(H2,30,31,32,34,35);2-10H,1H3,(H2,31,34,35)(H2,28,29,30,32,33);1-6H,(H2,27,29,30)(H2,23,24,25,26,28). The number of hydrogen-bond donors (Lipinski definition) is 16. The number of nitrogens with one attached hydrogen (secondary N) is 16. The number of ether oxygens (including phenoxy) is 2. The SMILES string of the molecule is Cc1cccc2c(Nc3cc(-c4ccccc4)[nH]n3)nc(-c3ccc4[nH][nH]c(=O)c4c3OC(F)(F)F)nc12.Cc1cccc2c(Nc3cc(-c4ccco4)[nH]n3)nc(-c3ccc4[nH][nH]c(=O)c4c3OC(F)(F)F)nc12.O=c1[nH][nH]c2cc(Cl)c(-c3nc(Nc4n[nH]c5ccc(F)cc45)c4cnoc4n3)cc12.O=c1[nH][nH]c2ccc(-c3nc(Nc4n[nH]c5cc(=O)n(-c6ccccc6)nc45)c4ccccc4n3)c(C(F)(F)F)c12. The van der Waals surface area contributed by atoms with E-state index < -0.39 is 63.8 Å². The average Bonchev–Trinajstić information content (AvgIpc) is 1.73. The lowest BCUT2D eigenvalue weighted by molar-refractivity contribution is -0.274. The van der Waals surface area contributed by atoms with Gasteiger partial charge >= 0.3 is 18.9 Å². The van der Waals surface area contributed by atoms with Gasteiger partial charge in [0.2, 0.25) is 0 Å². The number of para-hydroxylation sites is 4. The molecule has 15 heterocycles. The van der Waals surface area contributed by atoms with Crippen molar-refractivity contribution in [3.63, 3.8) is 0 Å². The molecule has 0 saturated carbocycles. The molecule has 0 bridgehead atoms. The normalized spacial score (nSPS) is 11.8. The van der Waals surface area contributed by atoms with E-state index in [9.17, 15) is 67.9 Å². The van der Waals surface area contributed by atoms with Gasteiger partial charge in [0.05, 0.1) is 106 Å². The first kappa shape index (κ1) is 91.8. The second-order valence-corrected chi connectivity index (χ2v) is 32.9. The molecule has 0 aliphatic carbocycles. The molecule has 40 nitrogen and oxygen atoms in total. The van der Waals surface area contributed by atoms with Gasteiger partial charge in [-0.3, -0.25) is 85.2 Å². The van der Waals surface area contributed by atoms with Crippen LogP contribution in [0.4, 0.5) is 90.4 Å². The number of alkyl halides is 9. The van der Waals surface area contributed by atoms with E-state index in [1.807, 2.05) is 74.5 Å². The first-order valence-electron chi connectivity index (χ1n) is 43.5. The first-order valence-corrected chi connectivity index (χ1v) is 43.9. The van der Waals surface area contributed by atoms with Crippen molar-refractivity contribution < 1.29 is 62.3 Å². The zero-order valence-electron chi connectivity index (χ0n) is 74.5. The molecule has 0 unspecified atom stereocenters. The number of anilines is 8. The Labute approximate surface area is 811 Å². The van der Waals surface area contributed by atoms with Gasteiger partial charge in [-0.25, -0.2) is 39.3 Å². The van der Waals surface area contributed by atoms with E-state index in [1.165, 1.54) is 71.7 Å². The molecule has 16 N–H and O–H groups in total. The molecule has 0 atom stereocenters. The molecule has 0 saturated heterocycles. The Morgan fingerprint density at radius 3 is 1.52 bits per heavy atom. The summed E-state index contributed by atoms with van der Waals surface area (Å²) in [4.78, 5) is 97.7. The third-order valence-electron chi connectivity index (χ3n) is 23.1. The van der Waals surface area contributed by atoms with Gasteiger partial charge in [0, 0.05) is 50.9 Å². The second kappa shape index (κ2) is 36.4. The number of rotatable bonds is 17. The largest absolute Gasteiger partial charge is 0.573 e. The molecule has 0 amide bonds. The monoisotopic (exact) mass is 2020 g/mol. The zero-order chi connectivity index (χ0) is 102. The van der Waals surface area contributed by atoms with Crippen molar-refractivity contribution in [2.75, 3.05) is 21.3 Å². The molecule has 0 radical (unpaired) electrons. The van der Waals surface area contributed by atoms with E-state index in [0.717, 1.165) is 22.4 Å². The predicted octanol–water partition coefficient (Wildman–Crippen LogP) is 19.7. The first-order chi connectivity index (χ1) is 70.9. The van der Waals surface area contributed by atoms with Crippen molar-refractivity contribution in [1.29, 1.82) is 0 Å². The number of furan rings is 1. The summed E-state index contributed by atoms with van der Waals surface area (Å²) in [6, 6.07) is 60.1. The highest BCUT2D eigenvalue weighted by Gasteiger charge is 2.40. The fourth-order valence-corrected chi connectivity index (χ4v) is 16.7. The summed E-state index contributed by atoms with van der Waals surface area (Å²) in [6.07, 6.45) is -12.0. The number of nitrogens with zero attached hydrogens (tertiary/aromatic N) is 15. The summed E-state index contributed by atoms with van der Waals surface area (Å²) >= 11 is 6.42. The third-order valence-corrected chi connectivity index (χ3v) is 23.4. The Bertz CT molecular complexity index is 9800. The minimum atomic E-state index is -5.06. The minimum Gasteiger partial charge on any atom is -0.463 e. The Morgan fingerprint density at radius 2 is 0.905 bits per heavy atom. The van der Waals surface area contributed by atoms with Crippen molar-refractivity contribution >= 4 is 168 Å². The number of halogens is 11. The summed E-state index contributed by atoms with van der Waals surface area (Å²) in [5.74, 6) is 1.09. The van der Waals surface area contributed by atoms with Crippen LogP contribution in [0.25, 0.3) is 183 Å². The Hall–Kier alpha value is -20.2. The number of aryl methyl sites for hydroxylation is 2. The lowest BCUT2D eigenvalue weighted by Crippen LogP contribution is -2.20. The molecule has 25 rings (SSSR count). The van der Waals surface area contributed by atoms with Crippen molar-refractivity contribution in [3.8, 4) is 85.4 Å². The Balaban J connectivity index is 0.000000112. The maximum absolute atomic E-state index is 14.3. The van der Waals surface area contributed by atoms with Crippen molar-refractivity contribution in [3.05, 3.63) is 310 Å². The van der Waals surface area contributed by atoms with Crippen LogP contribution >= 0.6 is 11.6 Å². The quantitative estimate of drug-likeness (QED) is 0.0376. The number of H-pyrrole nitrogens is 12.